The first-order chi connectivity index (χ1) is 12.7. The third-order valence-electron chi connectivity index (χ3n) is 4.49. The Morgan fingerprint density at radius 1 is 1.35 bits per heavy atom. The lowest BCUT2D eigenvalue weighted by Crippen LogP contribution is -2.36. The molecule has 1 fully saturated rings. The number of carbonyl (C=O) groups is 1. The van der Waals surface area contributed by atoms with E-state index in [9.17, 15) is 4.79 Å². The summed E-state index contributed by atoms with van der Waals surface area (Å²) in [5, 5.41) is 4.21. The standard InChI is InChI=1S/C18H20N6O2/c1-13-7-15(21-12-20-13)8-14-10-23(5-6-26-11-14)18(25)16-9-22-24-4-2-3-19-17(16)24/h2-4,7,9,12,14H,5-6,8,10-11H2,1H3/t14-/m1/s1. The minimum absolute atomic E-state index is 0.0620. The Hall–Kier alpha value is -2.87. The monoisotopic (exact) mass is 352 g/mol. The van der Waals surface area contributed by atoms with E-state index in [0.29, 0.717) is 37.5 Å². The quantitative estimate of drug-likeness (QED) is 0.703. The van der Waals surface area contributed by atoms with Crippen molar-refractivity contribution < 1.29 is 9.53 Å². The molecule has 1 aliphatic rings. The third kappa shape index (κ3) is 3.41. The maximum absolute atomic E-state index is 13.0. The SMILES string of the molecule is Cc1cc(C[C@H]2COCCN(C(=O)c3cnn4cccnc34)C2)ncn1. The van der Waals surface area contributed by atoms with Crippen LogP contribution in [-0.4, -0.2) is 61.7 Å². The molecular formula is C18H20N6O2. The van der Waals surface area contributed by atoms with Gasteiger partial charge in [-0.15, -0.1) is 0 Å². The van der Waals surface area contributed by atoms with E-state index >= 15 is 0 Å². The largest absolute Gasteiger partial charge is 0.379 e. The van der Waals surface area contributed by atoms with Crippen molar-refractivity contribution in [3.8, 4) is 0 Å². The molecule has 3 aromatic rings. The smallest absolute Gasteiger partial charge is 0.259 e. The molecule has 8 nitrogen and oxygen atoms in total. The first-order valence-electron chi connectivity index (χ1n) is 8.63. The van der Waals surface area contributed by atoms with Crippen molar-refractivity contribution in [2.24, 2.45) is 5.92 Å². The number of aryl methyl sites for hydroxylation is 1. The van der Waals surface area contributed by atoms with Gasteiger partial charge in [0.15, 0.2) is 5.65 Å². The van der Waals surface area contributed by atoms with Crippen molar-refractivity contribution in [1.82, 2.24) is 29.5 Å². The highest BCUT2D eigenvalue weighted by atomic mass is 16.5. The summed E-state index contributed by atoms with van der Waals surface area (Å²) >= 11 is 0. The average Bonchev–Trinajstić information content (AvgIpc) is 2.94. The van der Waals surface area contributed by atoms with Gasteiger partial charge in [0.1, 0.15) is 11.9 Å². The van der Waals surface area contributed by atoms with E-state index in [-0.39, 0.29) is 11.8 Å². The summed E-state index contributed by atoms with van der Waals surface area (Å²) in [5.41, 5.74) is 3.00. The Morgan fingerprint density at radius 3 is 3.15 bits per heavy atom. The first kappa shape index (κ1) is 16.6. The molecular weight excluding hydrogens is 332 g/mol. The molecule has 0 aliphatic carbocycles. The van der Waals surface area contributed by atoms with Gasteiger partial charge in [-0.3, -0.25) is 4.79 Å². The number of nitrogens with zero attached hydrogens (tertiary/aromatic N) is 6. The highest BCUT2D eigenvalue weighted by Crippen LogP contribution is 2.17. The second-order valence-electron chi connectivity index (χ2n) is 6.49. The lowest BCUT2D eigenvalue weighted by atomic mass is 10.0. The van der Waals surface area contributed by atoms with Gasteiger partial charge in [-0.25, -0.2) is 19.5 Å². The summed E-state index contributed by atoms with van der Waals surface area (Å²) in [6.45, 7) is 4.26. The second kappa shape index (κ2) is 7.17. The molecule has 3 aromatic heterocycles. The topological polar surface area (TPSA) is 85.5 Å². The highest BCUT2D eigenvalue weighted by Gasteiger charge is 2.26. The lowest BCUT2D eigenvalue weighted by molar-refractivity contribution is 0.0739. The zero-order valence-corrected chi connectivity index (χ0v) is 14.6. The molecule has 0 bridgehead atoms. The fraction of sp³-hybridized carbons (Fsp3) is 0.389. The molecule has 4 heterocycles. The van der Waals surface area contributed by atoms with E-state index < -0.39 is 0 Å². The van der Waals surface area contributed by atoms with Gasteiger partial charge < -0.3 is 9.64 Å². The predicted molar refractivity (Wildman–Crippen MR) is 93.7 cm³/mol. The number of rotatable bonds is 3. The van der Waals surface area contributed by atoms with Crippen LogP contribution in [0.2, 0.25) is 0 Å². The van der Waals surface area contributed by atoms with Crippen LogP contribution in [-0.2, 0) is 11.2 Å². The zero-order chi connectivity index (χ0) is 17.9. The van der Waals surface area contributed by atoms with Crippen LogP contribution < -0.4 is 0 Å². The minimum Gasteiger partial charge on any atom is -0.379 e. The third-order valence-corrected chi connectivity index (χ3v) is 4.49. The van der Waals surface area contributed by atoms with E-state index in [1.165, 1.54) is 0 Å². The molecule has 0 aromatic carbocycles. The van der Waals surface area contributed by atoms with Gasteiger partial charge in [-0.05, 0) is 25.5 Å². The van der Waals surface area contributed by atoms with Crippen molar-refractivity contribution in [3.05, 3.63) is 54.0 Å². The van der Waals surface area contributed by atoms with Crippen LogP contribution in [0.5, 0.6) is 0 Å². The highest BCUT2D eigenvalue weighted by molar-refractivity contribution is 5.99. The van der Waals surface area contributed by atoms with Gasteiger partial charge >= 0.3 is 0 Å². The molecule has 4 rings (SSSR count). The summed E-state index contributed by atoms with van der Waals surface area (Å²) < 4.78 is 7.33. The fourth-order valence-electron chi connectivity index (χ4n) is 3.25. The second-order valence-corrected chi connectivity index (χ2v) is 6.49. The van der Waals surface area contributed by atoms with Crippen LogP contribution in [0, 0.1) is 12.8 Å². The molecule has 0 radical (unpaired) electrons. The molecule has 0 saturated carbocycles. The van der Waals surface area contributed by atoms with Crippen molar-refractivity contribution in [3.63, 3.8) is 0 Å². The fourth-order valence-corrected chi connectivity index (χ4v) is 3.25. The zero-order valence-electron chi connectivity index (χ0n) is 14.6. The van der Waals surface area contributed by atoms with Gasteiger partial charge in [0.05, 0.1) is 19.4 Å². The molecule has 1 aliphatic heterocycles. The number of carbonyl (C=O) groups excluding carboxylic acids is 1. The summed E-state index contributed by atoms with van der Waals surface area (Å²) in [4.78, 5) is 27.6. The maximum atomic E-state index is 13.0. The predicted octanol–water partition coefficient (Wildman–Crippen LogP) is 1.16. The molecule has 1 saturated heterocycles. The Morgan fingerprint density at radius 2 is 2.27 bits per heavy atom. The van der Waals surface area contributed by atoms with Crippen LogP contribution >= 0.6 is 0 Å². The molecule has 1 atom stereocenters. The van der Waals surface area contributed by atoms with Crippen molar-refractivity contribution in [2.75, 3.05) is 26.3 Å². The summed E-state index contributed by atoms with van der Waals surface area (Å²) in [6, 6.07) is 3.76. The summed E-state index contributed by atoms with van der Waals surface area (Å²) in [5.74, 6) is 0.124. The van der Waals surface area contributed by atoms with Crippen LogP contribution in [0.15, 0.2) is 37.1 Å². The van der Waals surface area contributed by atoms with Crippen molar-refractivity contribution >= 4 is 11.6 Å². The number of ether oxygens (including phenoxy) is 1. The Balaban J connectivity index is 1.53. The normalized spacial score (nSPS) is 18.0. The van der Waals surface area contributed by atoms with Crippen LogP contribution in [0.3, 0.4) is 0 Å². The molecule has 0 unspecified atom stereocenters. The van der Waals surface area contributed by atoms with E-state index in [4.69, 9.17) is 4.74 Å². The van der Waals surface area contributed by atoms with Crippen LogP contribution in [0.1, 0.15) is 21.7 Å². The lowest BCUT2D eigenvalue weighted by Gasteiger charge is -2.23. The van der Waals surface area contributed by atoms with Crippen molar-refractivity contribution in [2.45, 2.75) is 13.3 Å². The van der Waals surface area contributed by atoms with E-state index in [2.05, 4.69) is 20.1 Å². The van der Waals surface area contributed by atoms with Gasteiger partial charge in [-0.1, -0.05) is 0 Å². The Labute approximate surface area is 150 Å². The van der Waals surface area contributed by atoms with Gasteiger partial charge in [0, 0.05) is 42.8 Å². The average molecular weight is 352 g/mol. The number of aromatic nitrogens is 5. The van der Waals surface area contributed by atoms with Gasteiger partial charge in [-0.2, -0.15) is 5.10 Å². The van der Waals surface area contributed by atoms with Crippen molar-refractivity contribution in [1.29, 1.82) is 0 Å². The molecule has 0 N–H and O–H groups in total. The number of hydrogen-bond donors (Lipinski definition) is 0. The minimum atomic E-state index is -0.0620. The van der Waals surface area contributed by atoms with Crippen LogP contribution in [0.4, 0.5) is 0 Å². The molecule has 134 valence electrons. The van der Waals surface area contributed by atoms with Gasteiger partial charge in [0.25, 0.3) is 5.91 Å². The Bertz CT molecular complexity index is 925. The molecule has 8 heteroatoms. The Kier molecular flexibility index (Phi) is 4.57. The number of fused-ring (bicyclic) bond motifs is 1. The summed E-state index contributed by atoms with van der Waals surface area (Å²) in [6.07, 6.45) is 7.36. The van der Waals surface area contributed by atoms with Crippen LogP contribution in [0.25, 0.3) is 5.65 Å². The van der Waals surface area contributed by atoms with E-state index in [1.807, 2.05) is 17.9 Å². The number of hydrogen-bond acceptors (Lipinski definition) is 6. The molecule has 1 amide bonds. The van der Waals surface area contributed by atoms with E-state index in [1.54, 1.807) is 35.5 Å². The number of amides is 1. The molecule has 0 spiro atoms. The first-order valence-corrected chi connectivity index (χ1v) is 8.63. The van der Waals surface area contributed by atoms with E-state index in [0.717, 1.165) is 17.8 Å². The maximum Gasteiger partial charge on any atom is 0.259 e. The summed E-state index contributed by atoms with van der Waals surface area (Å²) in [7, 11) is 0. The van der Waals surface area contributed by atoms with Gasteiger partial charge in [0.2, 0.25) is 0 Å². The molecule has 26 heavy (non-hydrogen) atoms.